The van der Waals surface area contributed by atoms with Crippen LogP contribution in [0.3, 0.4) is 0 Å². The lowest BCUT2D eigenvalue weighted by Gasteiger charge is -2.17. The smallest absolute Gasteiger partial charge is 0.305 e. The fraction of sp³-hybridized carbons (Fsp3) is 0.0833. The highest BCUT2D eigenvalue weighted by atomic mass is 19.1. The summed E-state index contributed by atoms with van der Waals surface area (Å²) in [5, 5.41) is 14.4. The number of pyridine rings is 1. The first-order valence-electron chi connectivity index (χ1n) is 10.1. The van der Waals surface area contributed by atoms with Crippen LogP contribution < -0.4 is 10.9 Å². The number of carboxylic acid groups (broad SMARTS) is 1. The molecule has 0 saturated heterocycles. The van der Waals surface area contributed by atoms with Gasteiger partial charge >= 0.3 is 5.97 Å². The molecule has 0 aliphatic rings. The van der Waals surface area contributed by atoms with Gasteiger partial charge in [-0.1, -0.05) is 30.3 Å². The van der Waals surface area contributed by atoms with Crippen molar-refractivity contribution < 1.29 is 23.5 Å². The van der Waals surface area contributed by atoms with Crippen LogP contribution in [0.5, 0.6) is 0 Å². The maximum Gasteiger partial charge on any atom is 0.305 e. The minimum Gasteiger partial charge on any atom is -0.481 e. The Balaban J connectivity index is 1.58. The molecule has 0 bridgehead atoms. The molecular weight excluding hydrogens is 446 g/mol. The predicted octanol–water partition coefficient (Wildman–Crippen LogP) is 3.45. The third-order valence-electron chi connectivity index (χ3n) is 5.07. The molecule has 1 atom stereocenters. The first-order valence-corrected chi connectivity index (χ1v) is 10.1. The molecule has 34 heavy (non-hydrogen) atoms. The van der Waals surface area contributed by atoms with Gasteiger partial charge in [0.05, 0.1) is 18.2 Å². The molecule has 0 saturated carbocycles. The quantitative estimate of drug-likeness (QED) is 0.387. The number of carbonyl (C=O) groups excluding carboxylic acids is 1. The SMILES string of the molecule is O=C(O)CC(NC(=O)c1cc(=O)n(-c2ccc(F)cc2F)[nH]1)c1ccc(-c2ccccn2)cc1. The lowest BCUT2D eigenvalue weighted by Crippen LogP contribution is -2.30. The van der Waals surface area contributed by atoms with Crippen LogP contribution in [0.1, 0.15) is 28.5 Å². The van der Waals surface area contributed by atoms with Gasteiger partial charge in [0.1, 0.15) is 17.2 Å². The number of aromatic nitrogens is 3. The number of nitrogens with one attached hydrogen (secondary N) is 2. The highest BCUT2D eigenvalue weighted by Gasteiger charge is 2.21. The zero-order chi connectivity index (χ0) is 24.2. The lowest BCUT2D eigenvalue weighted by molar-refractivity contribution is -0.137. The van der Waals surface area contributed by atoms with Gasteiger partial charge in [-0.15, -0.1) is 0 Å². The van der Waals surface area contributed by atoms with E-state index in [0.717, 1.165) is 34.1 Å². The summed E-state index contributed by atoms with van der Waals surface area (Å²) in [5.74, 6) is -3.71. The van der Waals surface area contributed by atoms with Crippen LogP contribution in [0.4, 0.5) is 8.78 Å². The molecule has 0 spiro atoms. The minimum absolute atomic E-state index is 0.214. The lowest BCUT2D eigenvalue weighted by atomic mass is 10.0. The predicted molar refractivity (Wildman–Crippen MR) is 118 cm³/mol. The number of carboxylic acids is 1. The van der Waals surface area contributed by atoms with Crippen molar-refractivity contribution in [3.8, 4) is 16.9 Å². The first-order chi connectivity index (χ1) is 16.3. The van der Waals surface area contributed by atoms with E-state index in [1.54, 1.807) is 36.5 Å². The topological polar surface area (TPSA) is 117 Å². The van der Waals surface area contributed by atoms with Gasteiger partial charge in [-0.2, -0.15) is 0 Å². The summed E-state index contributed by atoms with van der Waals surface area (Å²) >= 11 is 0. The van der Waals surface area contributed by atoms with Crippen LogP contribution in [0, 0.1) is 11.6 Å². The molecule has 2 heterocycles. The van der Waals surface area contributed by atoms with Crippen LogP contribution in [0.15, 0.2) is 77.7 Å². The minimum atomic E-state index is -1.14. The van der Waals surface area contributed by atoms with E-state index in [-0.39, 0.29) is 11.4 Å². The van der Waals surface area contributed by atoms with Crippen molar-refractivity contribution in [2.75, 3.05) is 0 Å². The Bertz CT molecular complexity index is 1400. The van der Waals surface area contributed by atoms with Gasteiger partial charge in [-0.3, -0.25) is 24.5 Å². The molecular formula is C24H18F2N4O4. The number of benzene rings is 2. The zero-order valence-electron chi connectivity index (χ0n) is 17.5. The summed E-state index contributed by atoms with van der Waals surface area (Å²) in [7, 11) is 0. The summed E-state index contributed by atoms with van der Waals surface area (Å²) in [6.07, 6.45) is 1.24. The van der Waals surface area contributed by atoms with E-state index >= 15 is 0 Å². The molecule has 0 aliphatic carbocycles. The van der Waals surface area contributed by atoms with Crippen LogP contribution in [0.2, 0.25) is 0 Å². The van der Waals surface area contributed by atoms with Gasteiger partial charge in [0, 0.05) is 23.9 Å². The van der Waals surface area contributed by atoms with Crippen molar-refractivity contribution in [1.82, 2.24) is 20.1 Å². The fourth-order valence-corrected chi connectivity index (χ4v) is 3.44. The van der Waals surface area contributed by atoms with E-state index in [1.165, 1.54) is 0 Å². The molecule has 8 nitrogen and oxygen atoms in total. The molecule has 0 radical (unpaired) electrons. The van der Waals surface area contributed by atoms with Crippen molar-refractivity contribution in [1.29, 1.82) is 0 Å². The Morgan fingerprint density at radius 1 is 1.06 bits per heavy atom. The number of aliphatic carboxylic acids is 1. The van der Waals surface area contributed by atoms with Crippen molar-refractivity contribution in [2.45, 2.75) is 12.5 Å². The third-order valence-corrected chi connectivity index (χ3v) is 5.07. The van der Waals surface area contributed by atoms with E-state index in [9.17, 15) is 28.3 Å². The summed E-state index contributed by atoms with van der Waals surface area (Å²) in [5.41, 5.74) is 0.853. The Morgan fingerprint density at radius 2 is 1.82 bits per heavy atom. The van der Waals surface area contributed by atoms with Gasteiger partial charge in [0.25, 0.3) is 11.5 Å². The molecule has 1 amide bonds. The number of amides is 1. The Kier molecular flexibility index (Phi) is 6.30. The first kappa shape index (κ1) is 22.6. The second-order valence-electron chi connectivity index (χ2n) is 7.40. The van der Waals surface area contributed by atoms with E-state index in [2.05, 4.69) is 15.4 Å². The molecule has 1 unspecified atom stereocenters. The number of nitrogens with zero attached hydrogens (tertiary/aromatic N) is 2. The van der Waals surface area contributed by atoms with Crippen molar-refractivity contribution in [3.05, 3.63) is 106 Å². The zero-order valence-corrected chi connectivity index (χ0v) is 17.5. The number of H-pyrrole nitrogens is 1. The molecule has 4 rings (SSSR count). The van der Waals surface area contributed by atoms with Crippen molar-refractivity contribution in [3.63, 3.8) is 0 Å². The number of hydrogen-bond acceptors (Lipinski definition) is 4. The highest BCUT2D eigenvalue weighted by molar-refractivity contribution is 5.92. The molecule has 3 N–H and O–H groups in total. The molecule has 2 aromatic carbocycles. The van der Waals surface area contributed by atoms with E-state index in [0.29, 0.717) is 11.6 Å². The summed E-state index contributed by atoms with van der Waals surface area (Å²) in [6.45, 7) is 0. The molecule has 0 aliphatic heterocycles. The monoisotopic (exact) mass is 464 g/mol. The molecule has 2 aromatic heterocycles. The van der Waals surface area contributed by atoms with Crippen molar-refractivity contribution in [2.24, 2.45) is 0 Å². The third kappa shape index (κ3) is 4.90. The number of aromatic amines is 1. The van der Waals surface area contributed by atoms with E-state index in [1.807, 2.05) is 12.1 Å². The molecule has 172 valence electrons. The summed E-state index contributed by atoms with van der Waals surface area (Å²) in [4.78, 5) is 40.7. The Hall–Kier alpha value is -4.60. The second-order valence-corrected chi connectivity index (χ2v) is 7.40. The van der Waals surface area contributed by atoms with Gasteiger partial charge in [-0.25, -0.2) is 13.5 Å². The standard InChI is InChI=1S/C24H18F2N4O4/c25-16-8-9-21(17(26)11-16)30-22(31)12-20(29-30)24(34)28-19(13-23(32)33)15-6-4-14(5-7-15)18-3-1-2-10-27-18/h1-12,19,29H,13H2,(H,28,34)(H,32,33). The van der Waals surface area contributed by atoms with Crippen LogP contribution in [-0.2, 0) is 4.79 Å². The second kappa shape index (κ2) is 9.49. The number of hydrogen-bond donors (Lipinski definition) is 3. The van der Waals surface area contributed by atoms with Crippen LogP contribution in [-0.4, -0.2) is 31.7 Å². The number of carbonyl (C=O) groups is 2. The Labute approximate surface area is 191 Å². The average molecular weight is 464 g/mol. The molecule has 10 heteroatoms. The fourth-order valence-electron chi connectivity index (χ4n) is 3.44. The summed E-state index contributed by atoms with van der Waals surface area (Å²) in [6, 6.07) is 15.0. The maximum absolute atomic E-state index is 14.1. The normalized spacial score (nSPS) is 11.7. The van der Waals surface area contributed by atoms with Gasteiger partial charge in [0.15, 0.2) is 5.82 Å². The highest BCUT2D eigenvalue weighted by Crippen LogP contribution is 2.23. The Morgan fingerprint density at radius 3 is 2.47 bits per heavy atom. The van der Waals surface area contributed by atoms with E-state index < -0.39 is 41.5 Å². The average Bonchev–Trinajstić information content (AvgIpc) is 3.20. The van der Waals surface area contributed by atoms with Crippen LogP contribution >= 0.6 is 0 Å². The number of halogens is 2. The molecule has 0 fully saturated rings. The van der Waals surface area contributed by atoms with Gasteiger partial charge in [0.2, 0.25) is 0 Å². The van der Waals surface area contributed by atoms with Crippen molar-refractivity contribution >= 4 is 11.9 Å². The summed E-state index contributed by atoms with van der Waals surface area (Å²) < 4.78 is 28.0. The number of rotatable bonds is 7. The van der Waals surface area contributed by atoms with Gasteiger partial charge in [-0.05, 0) is 29.8 Å². The van der Waals surface area contributed by atoms with E-state index in [4.69, 9.17) is 0 Å². The van der Waals surface area contributed by atoms with Gasteiger partial charge < -0.3 is 10.4 Å². The van der Waals surface area contributed by atoms with Crippen LogP contribution in [0.25, 0.3) is 16.9 Å². The maximum atomic E-state index is 14.1. The molecule has 4 aromatic rings. The largest absolute Gasteiger partial charge is 0.481 e.